The van der Waals surface area contributed by atoms with Crippen LogP contribution in [0.15, 0.2) is 182 Å². The van der Waals surface area contributed by atoms with Gasteiger partial charge in [-0.2, -0.15) is 38.4 Å². The lowest BCUT2D eigenvalue weighted by Gasteiger charge is -2.20. The quantitative estimate of drug-likeness (QED) is 0.0193. The average Bonchev–Trinajstić information content (AvgIpc) is 1.56. The van der Waals surface area contributed by atoms with Crippen LogP contribution in [0.2, 0.25) is 0 Å². The molecule has 0 saturated heterocycles. The molecular formula is C91H95N5O32. The monoisotopic (exact) mass is 1770 g/mol. The molecule has 128 heavy (non-hydrogen) atoms. The molecule has 0 radical (unpaired) electrons. The number of aryl methyl sites for hydroxylation is 5. The number of hydrogen-bond donors (Lipinski definition) is 7. The molecule has 8 N–H and O–H groups in total. The van der Waals surface area contributed by atoms with Gasteiger partial charge < -0.3 is 83.5 Å². The van der Waals surface area contributed by atoms with Crippen molar-refractivity contribution in [1.82, 2.24) is 20.6 Å². The number of nitrogens with one attached hydrogen (secondary N) is 2. The number of phenolic OH excluding ortho intramolecular Hbond substituents is 2. The van der Waals surface area contributed by atoms with Gasteiger partial charge in [0.25, 0.3) is 23.6 Å². The van der Waals surface area contributed by atoms with E-state index in [1.807, 2.05) is 95.3 Å². The second kappa shape index (κ2) is 59.5. The van der Waals surface area contributed by atoms with E-state index in [9.17, 15) is 53.1 Å². The minimum Gasteiger partial charge on any atom is -0.508 e. The molecule has 0 fully saturated rings. The number of ether oxygens (including phenoxy) is 10. The third-order valence-corrected chi connectivity index (χ3v) is 17.1. The molecule has 676 valence electrons. The Morgan fingerprint density at radius 2 is 0.789 bits per heavy atom. The normalized spacial score (nSPS) is 11.1. The lowest BCUT2D eigenvalue weighted by atomic mass is 10.1. The van der Waals surface area contributed by atoms with Gasteiger partial charge in [0, 0.05) is 25.2 Å². The Hall–Kier alpha value is -16.3. The number of methoxy groups -OCH3 is 5. The maximum Gasteiger partial charge on any atom is 0.373 e. The number of esters is 5. The Bertz CT molecular complexity index is 5090. The zero-order valence-corrected chi connectivity index (χ0v) is 71.5. The highest BCUT2D eigenvalue weighted by molar-refractivity contribution is 6.02. The predicted molar refractivity (Wildman–Crippen MR) is 447 cm³/mol. The van der Waals surface area contributed by atoms with Crippen LogP contribution in [-0.2, 0) is 75.1 Å². The van der Waals surface area contributed by atoms with E-state index < -0.39 is 29.8 Å². The summed E-state index contributed by atoms with van der Waals surface area (Å²) in [5.74, 6) is -1.45. The van der Waals surface area contributed by atoms with Gasteiger partial charge in [0.15, 0.2) is 0 Å². The summed E-state index contributed by atoms with van der Waals surface area (Å²) in [6.07, 6.45) is 1.95. The van der Waals surface area contributed by atoms with Crippen LogP contribution in [0.4, 0.5) is 0 Å². The summed E-state index contributed by atoms with van der Waals surface area (Å²) < 4.78 is 50.6. The van der Waals surface area contributed by atoms with E-state index in [2.05, 4.69) is 24.3 Å². The van der Waals surface area contributed by atoms with Crippen molar-refractivity contribution >= 4 is 84.1 Å². The summed E-state index contributed by atoms with van der Waals surface area (Å²) >= 11 is 0. The minimum atomic E-state index is -1.03. The molecule has 9 aromatic carbocycles. The summed E-state index contributed by atoms with van der Waals surface area (Å²) in [4.78, 5) is 184. The van der Waals surface area contributed by atoms with Crippen molar-refractivity contribution in [1.29, 1.82) is 0 Å². The van der Waals surface area contributed by atoms with Crippen LogP contribution in [-0.4, -0.2) is 209 Å². The average molecular weight is 1770 g/mol. The molecule has 9 aromatic rings. The van der Waals surface area contributed by atoms with Crippen LogP contribution < -0.4 is 40.2 Å². The van der Waals surface area contributed by atoms with E-state index in [0.29, 0.717) is 140 Å². The number of hydrogen-bond acceptors (Lipinski definition) is 32. The second-order valence-corrected chi connectivity index (χ2v) is 25.9. The Kier molecular flexibility index (Phi) is 50.1. The highest BCUT2D eigenvalue weighted by Crippen LogP contribution is 2.30. The summed E-state index contributed by atoms with van der Waals surface area (Å²) in [6.45, 7) is 16.8. The third kappa shape index (κ3) is 37.2. The van der Waals surface area contributed by atoms with E-state index >= 15 is 0 Å². The van der Waals surface area contributed by atoms with E-state index in [0.717, 1.165) is 40.0 Å². The van der Waals surface area contributed by atoms with Gasteiger partial charge in [0.2, 0.25) is 0 Å². The number of nitrogens with zero attached hydrogens (tertiary/aromatic N) is 2. The van der Waals surface area contributed by atoms with Crippen molar-refractivity contribution in [2.75, 3.05) is 94.8 Å². The van der Waals surface area contributed by atoms with Crippen LogP contribution in [0.5, 0.6) is 40.2 Å². The van der Waals surface area contributed by atoms with Crippen molar-refractivity contribution in [3.05, 3.63) is 277 Å². The zero-order chi connectivity index (χ0) is 95.8. The molecule has 0 spiro atoms. The van der Waals surface area contributed by atoms with Gasteiger partial charge >= 0.3 is 60.4 Å². The molecule has 0 aromatic heterocycles. The number of carboxylic acid groups (broad SMARTS) is 1. The fourth-order valence-corrected chi connectivity index (χ4v) is 10.7. The number of fused-ring (bicyclic) bond motifs is 3. The van der Waals surface area contributed by atoms with Gasteiger partial charge in [0.1, 0.15) is 66.7 Å². The molecule has 0 unspecified atom stereocenters. The largest absolute Gasteiger partial charge is 0.508 e. The van der Waals surface area contributed by atoms with Crippen LogP contribution in [0.25, 0.3) is 0 Å². The van der Waals surface area contributed by atoms with E-state index in [-0.39, 0.29) is 76.9 Å². The number of benzene rings is 9. The molecule has 37 nitrogen and oxygen atoms in total. The number of carboxylic acids is 1. The fraction of sp³-hybridized carbons (Fsp3) is 0.253. The minimum absolute atomic E-state index is 0.0279. The van der Waals surface area contributed by atoms with Gasteiger partial charge in [0.05, 0.1) is 112 Å². The number of phenols is 2. The summed E-state index contributed by atoms with van der Waals surface area (Å²) in [7, 11) is 6.65. The van der Waals surface area contributed by atoms with Crippen LogP contribution in [0, 0.1) is 34.6 Å². The van der Waals surface area contributed by atoms with Crippen molar-refractivity contribution in [3.63, 3.8) is 0 Å². The number of rotatable bonds is 17. The fourth-order valence-electron chi connectivity index (χ4n) is 10.7. The SMILES string of the molecule is CCCOc1cc(C(=O)OC)ccc1C.COC(=O)c1ccc(C)c(O)c1.COC(=O)c1ccc(C)c(OCCN)c1.COC(=O)c1ccc2c(c1)OCCN(Cc1ccc(C)cc1)C2=O.COC(=O)c1ccc2c(c1)OCCNC2=O.Cc1ccc(CN2CCOc3cc(C(=O)NO)ccc3C2=O)cc1.O=C(O)c1cccc(O)c1.O=C=O.O=C=O.O=C=O.O=C=O. The van der Waals surface area contributed by atoms with Crippen molar-refractivity contribution in [2.24, 2.45) is 5.73 Å². The lowest BCUT2D eigenvalue weighted by molar-refractivity contribution is -0.193. The molecule has 0 aliphatic carbocycles. The van der Waals surface area contributed by atoms with Crippen molar-refractivity contribution in [2.45, 2.75) is 61.1 Å². The molecule has 4 amide bonds. The Morgan fingerprint density at radius 3 is 1.16 bits per heavy atom. The number of carbonyl (C=O) groups is 10. The van der Waals surface area contributed by atoms with E-state index in [4.69, 9.17) is 87.9 Å². The smallest absolute Gasteiger partial charge is 0.373 e. The summed E-state index contributed by atoms with van der Waals surface area (Å²) in [6, 6.07) is 50.7. The standard InChI is InChI=1S/C19H19NO4.C18H18N2O4.C12H16O3.C11H11NO4.C11H15NO3.C9H10O3.C7H6O3.4CO2/c1-13-3-5-14(6-4-13)12-20-9-10-24-17-11-15(19(22)23-2)7-8-16(17)18(20)21;1-12-2-4-13(5-3-12)11-20-8-9-24-16-10-14(17(21)19-23)6-7-15(16)18(20)22;1-4-7-15-11-8-10(12(13)14-3)6-5-9(11)2;1-15-11(14)7-2-3-8-9(6-7)16-5-4-12-10(8)13;1-8-3-4-9(11(13)14-2)7-10(8)15-6-5-12;1-6-3-4-7(5-8(6)10)9(11)12-2;8-6-3-1-2-5(4-6)7(9)10;4*2-1-3/h3-8,11H,9-10,12H2,1-2H3;2-7,10,23H,8-9,11H2,1H3,(H,19,21);5-6,8H,4,7H2,1-3H3;2-3,6H,4-5H2,1H3,(H,12,13);3-4,7H,5-6,12H2,1-2H3;3-5,10H,1-2H3;1-4,8H,(H,9,10);;;;. The third-order valence-electron chi connectivity index (χ3n) is 17.1. The number of carbonyl (C=O) groups excluding carboxylic acids is 17. The highest BCUT2D eigenvalue weighted by Gasteiger charge is 2.28. The molecule has 37 heteroatoms. The van der Waals surface area contributed by atoms with Crippen molar-refractivity contribution < 1.29 is 154 Å². The molecule has 0 saturated carbocycles. The van der Waals surface area contributed by atoms with Gasteiger partial charge in [-0.05, 0) is 178 Å². The Labute approximate surface area is 734 Å². The first-order chi connectivity index (χ1) is 61.3. The lowest BCUT2D eigenvalue weighted by Crippen LogP contribution is -2.31. The summed E-state index contributed by atoms with van der Waals surface area (Å²) in [5.41, 5.74) is 17.9. The molecule has 0 atom stereocenters. The number of hydroxylamine groups is 1. The second-order valence-electron chi connectivity index (χ2n) is 25.9. The van der Waals surface area contributed by atoms with E-state index in [1.54, 1.807) is 95.0 Å². The topological polar surface area (TPSA) is 537 Å². The first-order valence-corrected chi connectivity index (χ1v) is 37.9. The first kappa shape index (κ1) is 108. The van der Waals surface area contributed by atoms with Crippen LogP contribution >= 0.6 is 0 Å². The summed E-state index contributed by atoms with van der Waals surface area (Å²) in [5, 5.41) is 37.8. The highest BCUT2D eigenvalue weighted by atomic mass is 16.5. The molecule has 3 aliphatic rings. The molecular weight excluding hydrogens is 1680 g/mol. The van der Waals surface area contributed by atoms with Crippen molar-refractivity contribution in [3.8, 4) is 40.2 Å². The molecule has 12 rings (SSSR count). The number of nitrogens with two attached hydrogens (primary N) is 1. The van der Waals surface area contributed by atoms with Crippen LogP contribution in [0.1, 0.15) is 156 Å². The van der Waals surface area contributed by atoms with Crippen LogP contribution in [0.3, 0.4) is 0 Å². The molecule has 0 bridgehead atoms. The van der Waals surface area contributed by atoms with E-state index in [1.165, 1.54) is 95.2 Å². The first-order valence-electron chi connectivity index (χ1n) is 37.9. The molecule has 3 aliphatic heterocycles. The van der Waals surface area contributed by atoms with Gasteiger partial charge in [-0.1, -0.05) is 90.8 Å². The Morgan fingerprint density at radius 1 is 0.438 bits per heavy atom. The maximum atomic E-state index is 12.8. The number of aromatic hydroxyl groups is 2. The maximum absolute atomic E-state index is 12.8. The van der Waals surface area contributed by atoms with Gasteiger partial charge in [-0.3, -0.25) is 24.4 Å². The predicted octanol–water partition coefficient (Wildman–Crippen LogP) is 9.49. The zero-order valence-electron chi connectivity index (χ0n) is 71.5. The van der Waals surface area contributed by atoms with Gasteiger partial charge in [-0.15, -0.1) is 0 Å². The van der Waals surface area contributed by atoms with Gasteiger partial charge in [-0.25, -0.2) is 34.2 Å². The Balaban J connectivity index is 0.000000503. The molecule has 3 heterocycles. The number of aromatic carboxylic acids is 1. The number of amides is 4.